The van der Waals surface area contributed by atoms with Crippen LogP contribution >= 0.6 is 0 Å². The van der Waals surface area contributed by atoms with Gasteiger partial charge in [-0.05, 0) is 23.8 Å². The topological polar surface area (TPSA) is 70.8 Å². The Bertz CT molecular complexity index is 1070. The van der Waals surface area contributed by atoms with Crippen molar-refractivity contribution in [1.82, 2.24) is 24.8 Å². The molecule has 1 atom stereocenters. The van der Waals surface area contributed by atoms with Gasteiger partial charge in [-0.1, -0.05) is 13.0 Å². The third kappa shape index (κ3) is 2.92. The molecule has 5 rings (SSSR count). The molecule has 0 aliphatic carbocycles. The molecule has 3 aromatic heterocycles. The summed E-state index contributed by atoms with van der Waals surface area (Å²) < 4.78 is 5.51. The Balaban J connectivity index is 1.52. The summed E-state index contributed by atoms with van der Waals surface area (Å²) in [5, 5.41) is 1.12. The van der Waals surface area contributed by atoms with Crippen LogP contribution in [0.25, 0.3) is 11.0 Å². The second-order valence-corrected chi connectivity index (χ2v) is 6.97. The molecule has 0 bridgehead atoms. The minimum atomic E-state index is 0.102. The van der Waals surface area contributed by atoms with Crippen LogP contribution in [0.1, 0.15) is 41.3 Å². The first kappa shape index (κ1) is 16.2. The van der Waals surface area contributed by atoms with E-state index < -0.39 is 0 Å². The molecule has 0 unspecified atom stereocenters. The largest absolute Gasteiger partial charge is 0.464 e. The predicted molar refractivity (Wildman–Crippen MR) is 102 cm³/mol. The summed E-state index contributed by atoms with van der Waals surface area (Å²) in [6, 6.07) is 8.50. The van der Waals surface area contributed by atoms with E-state index in [1.165, 1.54) is 11.3 Å². The van der Waals surface area contributed by atoms with Crippen molar-refractivity contribution in [2.75, 3.05) is 6.54 Å². The maximum absolute atomic E-state index is 5.51. The number of rotatable bonds is 4. The highest BCUT2D eigenvalue weighted by Crippen LogP contribution is 2.35. The van der Waals surface area contributed by atoms with Crippen LogP contribution in [0.3, 0.4) is 0 Å². The molecule has 4 heterocycles. The van der Waals surface area contributed by atoms with Crippen LogP contribution in [0.4, 0.5) is 0 Å². The van der Waals surface area contributed by atoms with Gasteiger partial charge in [0.15, 0.2) is 0 Å². The lowest BCUT2D eigenvalue weighted by Crippen LogP contribution is -2.36. The molecule has 0 fully saturated rings. The van der Waals surface area contributed by atoms with Crippen LogP contribution in [0, 0.1) is 0 Å². The normalized spacial score (nSPS) is 17.3. The van der Waals surface area contributed by atoms with Gasteiger partial charge < -0.3 is 9.40 Å². The highest BCUT2D eigenvalue weighted by molar-refractivity contribution is 5.78. The standard InChI is InChI=1S/C21H21N5O/c1-2-19-22-10-14(11-23-19)12-26-7-5-17-20(25-13-24-17)21(26)16-3-4-18-15(9-16)6-8-27-18/h3-4,6,8-11,13,21H,2,5,7,12H2,1H3,(H,24,25)/t21-/m1/s1. The van der Waals surface area contributed by atoms with Crippen LogP contribution in [-0.4, -0.2) is 31.4 Å². The number of hydrogen-bond donors (Lipinski definition) is 1. The molecule has 6 nitrogen and oxygen atoms in total. The van der Waals surface area contributed by atoms with Gasteiger partial charge in [-0.15, -0.1) is 0 Å². The van der Waals surface area contributed by atoms with Crippen LogP contribution < -0.4 is 0 Å². The minimum absolute atomic E-state index is 0.102. The summed E-state index contributed by atoms with van der Waals surface area (Å²) in [6.07, 6.45) is 9.25. The van der Waals surface area contributed by atoms with Crippen molar-refractivity contribution in [3.63, 3.8) is 0 Å². The van der Waals surface area contributed by atoms with E-state index in [-0.39, 0.29) is 6.04 Å². The van der Waals surface area contributed by atoms with Gasteiger partial charge in [0.05, 0.1) is 24.3 Å². The fourth-order valence-electron chi connectivity index (χ4n) is 3.90. The molecular weight excluding hydrogens is 338 g/mol. The Morgan fingerprint density at radius 3 is 2.93 bits per heavy atom. The van der Waals surface area contributed by atoms with Crippen molar-refractivity contribution in [3.05, 3.63) is 77.6 Å². The molecule has 0 radical (unpaired) electrons. The van der Waals surface area contributed by atoms with E-state index in [0.29, 0.717) is 0 Å². The third-order valence-electron chi connectivity index (χ3n) is 5.28. The first-order chi connectivity index (χ1) is 13.3. The van der Waals surface area contributed by atoms with Crippen molar-refractivity contribution in [2.45, 2.75) is 32.4 Å². The first-order valence-electron chi connectivity index (χ1n) is 9.35. The average Bonchev–Trinajstić information content (AvgIpc) is 3.37. The molecule has 0 spiro atoms. The zero-order chi connectivity index (χ0) is 18.2. The molecular formula is C21H21N5O. The zero-order valence-electron chi connectivity index (χ0n) is 15.2. The lowest BCUT2D eigenvalue weighted by Gasteiger charge is -2.35. The zero-order valence-corrected chi connectivity index (χ0v) is 15.2. The molecule has 27 heavy (non-hydrogen) atoms. The molecule has 136 valence electrons. The summed E-state index contributed by atoms with van der Waals surface area (Å²) in [4.78, 5) is 19.3. The molecule has 1 N–H and O–H groups in total. The van der Waals surface area contributed by atoms with Gasteiger partial charge in [0.2, 0.25) is 0 Å². The maximum atomic E-state index is 5.51. The SMILES string of the molecule is CCc1ncc(CN2CCc3[nH]cnc3[C@H]2c2ccc3occc3c2)cn1. The van der Waals surface area contributed by atoms with Gasteiger partial charge in [-0.2, -0.15) is 0 Å². The van der Waals surface area contributed by atoms with E-state index in [1.54, 1.807) is 12.6 Å². The van der Waals surface area contributed by atoms with Gasteiger partial charge in [0, 0.05) is 55.0 Å². The van der Waals surface area contributed by atoms with Crippen molar-refractivity contribution < 1.29 is 4.42 Å². The summed E-state index contributed by atoms with van der Waals surface area (Å²) in [5.74, 6) is 0.883. The number of hydrogen-bond acceptors (Lipinski definition) is 5. The van der Waals surface area contributed by atoms with E-state index in [0.717, 1.165) is 54.0 Å². The summed E-state index contributed by atoms with van der Waals surface area (Å²) >= 11 is 0. The Hall–Kier alpha value is -2.99. The third-order valence-corrected chi connectivity index (χ3v) is 5.28. The Morgan fingerprint density at radius 1 is 1.19 bits per heavy atom. The van der Waals surface area contributed by atoms with Crippen molar-refractivity contribution in [1.29, 1.82) is 0 Å². The molecule has 1 aliphatic heterocycles. The summed E-state index contributed by atoms with van der Waals surface area (Å²) in [5.41, 5.74) is 5.59. The number of fused-ring (bicyclic) bond motifs is 2. The number of benzene rings is 1. The monoisotopic (exact) mass is 359 g/mol. The van der Waals surface area contributed by atoms with Gasteiger partial charge >= 0.3 is 0 Å². The number of aromatic amines is 1. The van der Waals surface area contributed by atoms with Crippen molar-refractivity contribution >= 4 is 11.0 Å². The Kier molecular flexibility index (Phi) is 3.98. The highest BCUT2D eigenvalue weighted by Gasteiger charge is 2.31. The predicted octanol–water partition coefficient (Wildman–Crippen LogP) is 3.66. The number of nitrogens with one attached hydrogen (secondary N) is 1. The molecule has 0 amide bonds. The average molecular weight is 359 g/mol. The Labute approximate surface area is 157 Å². The quantitative estimate of drug-likeness (QED) is 0.602. The molecule has 4 aromatic rings. The lowest BCUT2D eigenvalue weighted by molar-refractivity contribution is 0.200. The van der Waals surface area contributed by atoms with E-state index in [9.17, 15) is 0 Å². The minimum Gasteiger partial charge on any atom is -0.464 e. The molecule has 1 aliphatic rings. The van der Waals surface area contributed by atoms with Crippen LogP contribution in [0.5, 0.6) is 0 Å². The second-order valence-electron chi connectivity index (χ2n) is 6.97. The van der Waals surface area contributed by atoms with E-state index in [2.05, 4.69) is 43.9 Å². The van der Waals surface area contributed by atoms with Gasteiger partial charge in [0.25, 0.3) is 0 Å². The molecule has 0 saturated carbocycles. The van der Waals surface area contributed by atoms with Gasteiger partial charge in [0.1, 0.15) is 11.4 Å². The van der Waals surface area contributed by atoms with Crippen LogP contribution in [0.15, 0.2) is 53.7 Å². The number of aryl methyl sites for hydroxylation is 1. The van der Waals surface area contributed by atoms with E-state index >= 15 is 0 Å². The number of furan rings is 1. The number of H-pyrrole nitrogens is 1. The smallest absolute Gasteiger partial charge is 0.133 e. The Morgan fingerprint density at radius 2 is 2.07 bits per heavy atom. The molecule has 6 heteroatoms. The van der Waals surface area contributed by atoms with Gasteiger partial charge in [-0.3, -0.25) is 4.90 Å². The number of aromatic nitrogens is 4. The fourth-order valence-corrected chi connectivity index (χ4v) is 3.90. The van der Waals surface area contributed by atoms with Crippen LogP contribution in [0.2, 0.25) is 0 Å². The first-order valence-corrected chi connectivity index (χ1v) is 9.35. The highest BCUT2D eigenvalue weighted by atomic mass is 16.3. The van der Waals surface area contributed by atoms with Crippen molar-refractivity contribution in [2.24, 2.45) is 0 Å². The van der Waals surface area contributed by atoms with Crippen molar-refractivity contribution in [3.8, 4) is 0 Å². The maximum Gasteiger partial charge on any atom is 0.133 e. The van der Waals surface area contributed by atoms with Gasteiger partial charge in [-0.25, -0.2) is 15.0 Å². The summed E-state index contributed by atoms with van der Waals surface area (Å²) in [6.45, 7) is 3.82. The molecule has 1 aromatic carbocycles. The fraction of sp³-hybridized carbons (Fsp3) is 0.286. The lowest BCUT2D eigenvalue weighted by atomic mass is 9.94. The summed E-state index contributed by atoms with van der Waals surface area (Å²) in [7, 11) is 0. The second kappa shape index (κ2) is 6.63. The van der Waals surface area contributed by atoms with E-state index in [4.69, 9.17) is 4.42 Å². The van der Waals surface area contributed by atoms with Crippen LogP contribution in [-0.2, 0) is 19.4 Å². The number of nitrogens with zero attached hydrogens (tertiary/aromatic N) is 4. The number of imidazole rings is 1. The molecule has 0 saturated heterocycles. The van der Waals surface area contributed by atoms with E-state index in [1.807, 2.05) is 24.5 Å².